The van der Waals surface area contributed by atoms with E-state index in [1.165, 1.54) is 10.8 Å². The second-order valence-electron chi connectivity index (χ2n) is 2.74. The van der Waals surface area contributed by atoms with Gasteiger partial charge in [-0.15, -0.1) is 0 Å². The Bertz CT molecular complexity index is 469. The van der Waals surface area contributed by atoms with Gasteiger partial charge in [-0.25, -0.2) is 0 Å². The molecule has 0 saturated carbocycles. The summed E-state index contributed by atoms with van der Waals surface area (Å²) in [6.07, 6.45) is 3.10. The van der Waals surface area contributed by atoms with Crippen molar-refractivity contribution in [2.24, 2.45) is 0 Å². The van der Waals surface area contributed by atoms with E-state index in [4.69, 9.17) is 9.52 Å². The zero-order valence-corrected chi connectivity index (χ0v) is 6.93. The van der Waals surface area contributed by atoms with E-state index in [9.17, 15) is 4.79 Å². The first-order chi connectivity index (χ1) is 6.33. The van der Waals surface area contributed by atoms with Crippen LogP contribution in [0.1, 0.15) is 0 Å². The molecule has 2 aromatic heterocycles. The van der Waals surface area contributed by atoms with Crippen molar-refractivity contribution in [1.82, 2.24) is 4.57 Å². The molecule has 0 aliphatic carbocycles. The Morgan fingerprint density at radius 3 is 3.08 bits per heavy atom. The van der Waals surface area contributed by atoms with E-state index < -0.39 is 0 Å². The van der Waals surface area contributed by atoms with E-state index >= 15 is 0 Å². The number of furan rings is 1. The summed E-state index contributed by atoms with van der Waals surface area (Å²) in [5, 5.41) is 9.24. The van der Waals surface area contributed by atoms with Crippen molar-refractivity contribution >= 4 is 11.0 Å². The minimum Gasteiger partial charge on any atom is -0.464 e. The fourth-order valence-corrected chi connectivity index (χ4v) is 1.29. The monoisotopic (exact) mass is 179 g/mol. The lowest BCUT2D eigenvalue weighted by Crippen LogP contribution is -2.20. The third kappa shape index (κ3) is 1.25. The summed E-state index contributed by atoms with van der Waals surface area (Å²) in [4.78, 5) is 11.6. The molecule has 13 heavy (non-hydrogen) atoms. The molecule has 2 heterocycles. The highest BCUT2D eigenvalue weighted by atomic mass is 16.3. The Morgan fingerprint density at radius 1 is 1.46 bits per heavy atom. The molecule has 0 amide bonds. The van der Waals surface area contributed by atoms with Crippen LogP contribution in [0.3, 0.4) is 0 Å². The van der Waals surface area contributed by atoms with Crippen molar-refractivity contribution < 1.29 is 9.52 Å². The van der Waals surface area contributed by atoms with Crippen molar-refractivity contribution in [3.8, 4) is 0 Å². The molecule has 0 atom stereocenters. The minimum atomic E-state index is -0.125. The number of hydrogen-bond acceptors (Lipinski definition) is 3. The van der Waals surface area contributed by atoms with Gasteiger partial charge in [0.1, 0.15) is 5.58 Å². The van der Waals surface area contributed by atoms with Crippen molar-refractivity contribution in [1.29, 1.82) is 0 Å². The molecule has 68 valence electrons. The van der Waals surface area contributed by atoms with Crippen LogP contribution in [0.15, 0.2) is 33.8 Å². The predicted molar refractivity (Wildman–Crippen MR) is 47.6 cm³/mol. The first-order valence-corrected chi connectivity index (χ1v) is 4.00. The van der Waals surface area contributed by atoms with E-state index in [1.807, 2.05) is 0 Å². The molecule has 0 aliphatic heterocycles. The zero-order valence-electron chi connectivity index (χ0n) is 6.93. The predicted octanol–water partition coefficient (Wildman–Crippen LogP) is 0.587. The number of rotatable bonds is 2. The first kappa shape index (κ1) is 8.07. The molecular formula is C9H9NO3. The molecule has 0 aromatic carbocycles. The summed E-state index contributed by atoms with van der Waals surface area (Å²) in [5.74, 6) is 0. The molecule has 0 fully saturated rings. The lowest BCUT2D eigenvalue weighted by Gasteiger charge is -2.01. The number of nitrogens with zero attached hydrogens (tertiary/aromatic N) is 1. The smallest absolute Gasteiger partial charge is 0.261 e. The fraction of sp³-hybridized carbons (Fsp3) is 0.222. The highest BCUT2D eigenvalue weighted by molar-refractivity contribution is 5.75. The number of hydrogen-bond donors (Lipinski definition) is 1. The quantitative estimate of drug-likeness (QED) is 0.733. The van der Waals surface area contributed by atoms with E-state index in [2.05, 4.69) is 0 Å². The van der Waals surface area contributed by atoms with Crippen LogP contribution in [0, 0.1) is 0 Å². The van der Waals surface area contributed by atoms with Crippen molar-refractivity contribution in [3.63, 3.8) is 0 Å². The Kier molecular flexibility index (Phi) is 1.90. The van der Waals surface area contributed by atoms with Crippen molar-refractivity contribution in [3.05, 3.63) is 34.9 Å². The van der Waals surface area contributed by atoms with Gasteiger partial charge in [0.15, 0.2) is 0 Å². The van der Waals surface area contributed by atoms with Crippen LogP contribution in [0.25, 0.3) is 11.0 Å². The number of aliphatic hydroxyl groups is 1. The molecule has 0 aliphatic rings. The number of aliphatic hydroxyl groups excluding tert-OH is 1. The SMILES string of the molecule is O=c1c2ccoc2ccn1CCO. The van der Waals surface area contributed by atoms with Crippen LogP contribution in [0.2, 0.25) is 0 Å². The van der Waals surface area contributed by atoms with E-state index in [-0.39, 0.29) is 12.2 Å². The molecule has 4 nitrogen and oxygen atoms in total. The van der Waals surface area contributed by atoms with Crippen LogP contribution >= 0.6 is 0 Å². The number of aromatic nitrogens is 1. The lowest BCUT2D eigenvalue weighted by molar-refractivity contribution is 0.274. The molecule has 0 bridgehead atoms. The topological polar surface area (TPSA) is 55.4 Å². The van der Waals surface area contributed by atoms with Crippen LogP contribution in [-0.4, -0.2) is 16.3 Å². The van der Waals surface area contributed by atoms with E-state index in [0.29, 0.717) is 17.5 Å². The van der Waals surface area contributed by atoms with E-state index in [0.717, 1.165) is 0 Å². The van der Waals surface area contributed by atoms with Crippen molar-refractivity contribution in [2.75, 3.05) is 6.61 Å². The van der Waals surface area contributed by atoms with Crippen LogP contribution in [0.4, 0.5) is 0 Å². The van der Waals surface area contributed by atoms with Gasteiger partial charge < -0.3 is 14.1 Å². The molecular weight excluding hydrogens is 170 g/mol. The number of fused-ring (bicyclic) bond motifs is 1. The summed E-state index contributed by atoms with van der Waals surface area (Å²) < 4.78 is 6.51. The zero-order chi connectivity index (χ0) is 9.26. The van der Waals surface area contributed by atoms with Gasteiger partial charge in [0, 0.05) is 12.7 Å². The summed E-state index contributed by atoms with van der Waals surface area (Å²) in [6, 6.07) is 3.35. The van der Waals surface area contributed by atoms with Gasteiger partial charge in [-0.3, -0.25) is 4.79 Å². The third-order valence-corrected chi connectivity index (χ3v) is 1.93. The molecule has 0 spiro atoms. The molecule has 0 saturated heterocycles. The maximum Gasteiger partial charge on any atom is 0.261 e. The molecule has 1 N–H and O–H groups in total. The van der Waals surface area contributed by atoms with Gasteiger partial charge in [0.2, 0.25) is 0 Å². The maximum atomic E-state index is 11.6. The number of pyridine rings is 1. The standard InChI is InChI=1S/C9H9NO3/c11-5-4-10-3-1-8-7(9(10)12)2-6-13-8/h1-3,6,11H,4-5H2. The average Bonchev–Trinajstić information content (AvgIpc) is 2.58. The summed E-state index contributed by atoms with van der Waals surface area (Å²) in [7, 11) is 0. The van der Waals surface area contributed by atoms with Gasteiger partial charge in [-0.2, -0.15) is 0 Å². The van der Waals surface area contributed by atoms with E-state index in [1.54, 1.807) is 18.3 Å². The van der Waals surface area contributed by atoms with Gasteiger partial charge in [-0.05, 0) is 12.1 Å². The lowest BCUT2D eigenvalue weighted by atomic mass is 10.3. The second kappa shape index (κ2) is 3.06. The van der Waals surface area contributed by atoms with Gasteiger partial charge in [0.25, 0.3) is 5.56 Å². The molecule has 0 unspecified atom stereocenters. The molecule has 0 radical (unpaired) electrons. The minimum absolute atomic E-state index is 0.0384. The summed E-state index contributed by atoms with van der Waals surface area (Å²) in [6.45, 7) is 0.281. The molecule has 4 heteroatoms. The third-order valence-electron chi connectivity index (χ3n) is 1.93. The second-order valence-corrected chi connectivity index (χ2v) is 2.74. The van der Waals surface area contributed by atoms with Crippen LogP contribution in [0.5, 0.6) is 0 Å². The molecule has 2 aromatic rings. The highest BCUT2D eigenvalue weighted by Crippen LogP contribution is 2.09. The Labute approximate surface area is 74.0 Å². The average molecular weight is 179 g/mol. The largest absolute Gasteiger partial charge is 0.464 e. The van der Waals surface area contributed by atoms with Crippen LogP contribution < -0.4 is 5.56 Å². The maximum absolute atomic E-state index is 11.6. The highest BCUT2D eigenvalue weighted by Gasteiger charge is 2.03. The Balaban J connectivity index is 2.67. The van der Waals surface area contributed by atoms with Crippen molar-refractivity contribution in [2.45, 2.75) is 6.54 Å². The summed E-state index contributed by atoms with van der Waals surface area (Å²) >= 11 is 0. The first-order valence-electron chi connectivity index (χ1n) is 4.00. The molecule has 2 rings (SSSR count). The van der Waals surface area contributed by atoms with Gasteiger partial charge >= 0.3 is 0 Å². The van der Waals surface area contributed by atoms with Gasteiger partial charge in [-0.1, -0.05) is 0 Å². The van der Waals surface area contributed by atoms with Gasteiger partial charge in [0.05, 0.1) is 18.3 Å². The van der Waals surface area contributed by atoms with Crippen LogP contribution in [-0.2, 0) is 6.54 Å². The summed E-state index contributed by atoms with van der Waals surface area (Å²) in [5.41, 5.74) is 0.458. The fourth-order valence-electron chi connectivity index (χ4n) is 1.29. The Hall–Kier alpha value is -1.55. The normalized spacial score (nSPS) is 10.8. The Morgan fingerprint density at radius 2 is 2.31 bits per heavy atom.